The van der Waals surface area contributed by atoms with Gasteiger partial charge in [-0.05, 0) is 24.3 Å². The number of ketones is 1. The number of aromatic nitrogens is 3. The summed E-state index contributed by atoms with van der Waals surface area (Å²) in [4.78, 5) is 16.1. The van der Waals surface area contributed by atoms with Crippen molar-refractivity contribution in [3.05, 3.63) is 54.4 Å². The molecule has 1 aromatic carbocycles. The van der Waals surface area contributed by atoms with Gasteiger partial charge in [-0.1, -0.05) is 23.9 Å². The van der Waals surface area contributed by atoms with Crippen molar-refractivity contribution in [1.29, 1.82) is 0 Å². The lowest BCUT2D eigenvalue weighted by Crippen LogP contribution is -2.09. The number of alkyl halides is 2. The lowest BCUT2D eigenvalue weighted by molar-refractivity contribution is -0.0501. The topological polar surface area (TPSA) is 78.1 Å². The maximum absolute atomic E-state index is 12.4. The fraction of sp³-hybridized carbons (Fsp3) is 0.125. The largest absolute Gasteiger partial charge is 0.434 e. The minimum absolute atomic E-state index is 0.0540. The lowest BCUT2D eigenvalue weighted by atomic mass is 10.1. The maximum Gasteiger partial charge on any atom is 0.387 e. The fourth-order valence-corrected chi connectivity index (χ4v) is 2.63. The maximum atomic E-state index is 12.4. The number of halogens is 2. The van der Waals surface area contributed by atoms with Crippen LogP contribution in [0.15, 0.2) is 58.4 Å². The number of nitrogens with zero attached hydrogens (tertiary/aromatic N) is 3. The molecule has 3 rings (SSSR count). The molecular formula is C16H11F2N3O3S. The van der Waals surface area contributed by atoms with Crippen molar-refractivity contribution in [2.24, 2.45) is 0 Å². The molecule has 9 heteroatoms. The molecule has 0 bridgehead atoms. The highest BCUT2D eigenvalue weighted by Crippen LogP contribution is 2.26. The van der Waals surface area contributed by atoms with Crippen LogP contribution in [0.4, 0.5) is 8.78 Å². The molecular weight excluding hydrogens is 352 g/mol. The molecule has 2 heterocycles. The van der Waals surface area contributed by atoms with Crippen LogP contribution in [-0.4, -0.2) is 33.3 Å². The normalized spacial score (nSPS) is 10.8. The van der Waals surface area contributed by atoms with Crippen LogP contribution in [0.1, 0.15) is 10.4 Å². The van der Waals surface area contributed by atoms with Crippen LogP contribution >= 0.6 is 11.8 Å². The fourth-order valence-electron chi connectivity index (χ4n) is 1.98. The number of hydrogen-bond acceptors (Lipinski definition) is 7. The number of Topliss-reactive ketones (excluding diaryl/α,β-unsaturated/α-hetero) is 1. The number of thioether (sulfide) groups is 1. The molecule has 0 aliphatic carbocycles. The summed E-state index contributed by atoms with van der Waals surface area (Å²) in [6, 6.07) is 9.26. The smallest absolute Gasteiger partial charge is 0.387 e. The second-order valence-electron chi connectivity index (χ2n) is 4.70. The minimum atomic E-state index is -3.00. The van der Waals surface area contributed by atoms with Crippen LogP contribution in [0.5, 0.6) is 5.75 Å². The molecule has 0 fully saturated rings. The Bertz CT molecular complexity index is 859. The molecule has 0 radical (unpaired) electrons. The van der Waals surface area contributed by atoms with Gasteiger partial charge >= 0.3 is 6.61 Å². The molecule has 0 saturated heterocycles. The van der Waals surface area contributed by atoms with Gasteiger partial charge in [0, 0.05) is 18.0 Å². The Balaban J connectivity index is 1.66. The van der Waals surface area contributed by atoms with Crippen molar-refractivity contribution in [1.82, 2.24) is 15.2 Å². The van der Waals surface area contributed by atoms with E-state index < -0.39 is 6.61 Å². The van der Waals surface area contributed by atoms with Crippen molar-refractivity contribution in [2.75, 3.05) is 5.75 Å². The standard InChI is InChI=1S/C16H11F2N3O3S/c17-15(18)23-13-4-2-1-3-11(13)12(22)9-25-16-21-20-14(24-16)10-5-7-19-8-6-10/h1-8,15H,9H2. The summed E-state index contributed by atoms with van der Waals surface area (Å²) in [5.74, 6) is -0.295. The zero-order chi connectivity index (χ0) is 17.6. The summed E-state index contributed by atoms with van der Waals surface area (Å²) in [5.41, 5.74) is 0.778. The molecule has 2 aromatic heterocycles. The van der Waals surface area contributed by atoms with Crippen molar-refractivity contribution in [3.8, 4) is 17.2 Å². The van der Waals surface area contributed by atoms with E-state index >= 15 is 0 Å². The van der Waals surface area contributed by atoms with Crippen molar-refractivity contribution in [2.45, 2.75) is 11.8 Å². The summed E-state index contributed by atoms with van der Waals surface area (Å²) in [6.45, 7) is -3.00. The van der Waals surface area contributed by atoms with Gasteiger partial charge in [-0.25, -0.2) is 0 Å². The van der Waals surface area contributed by atoms with Gasteiger partial charge in [-0.3, -0.25) is 9.78 Å². The van der Waals surface area contributed by atoms with Crippen molar-refractivity contribution < 1.29 is 22.7 Å². The third-order valence-corrected chi connectivity index (χ3v) is 3.88. The van der Waals surface area contributed by atoms with Crippen molar-refractivity contribution in [3.63, 3.8) is 0 Å². The number of rotatable bonds is 7. The van der Waals surface area contributed by atoms with Crippen LogP contribution in [-0.2, 0) is 0 Å². The third kappa shape index (κ3) is 4.38. The van der Waals surface area contributed by atoms with Gasteiger partial charge in [-0.2, -0.15) is 8.78 Å². The van der Waals surface area contributed by atoms with E-state index in [-0.39, 0.29) is 28.1 Å². The van der Waals surface area contributed by atoms with E-state index in [1.165, 1.54) is 18.2 Å². The average Bonchev–Trinajstić information content (AvgIpc) is 3.09. The van der Waals surface area contributed by atoms with Gasteiger partial charge in [0.05, 0.1) is 11.3 Å². The van der Waals surface area contributed by atoms with E-state index in [2.05, 4.69) is 19.9 Å². The van der Waals surface area contributed by atoms with E-state index in [0.717, 1.165) is 11.8 Å². The Morgan fingerprint density at radius 2 is 1.92 bits per heavy atom. The predicted octanol–water partition coefficient (Wildman–Crippen LogP) is 3.71. The molecule has 128 valence electrons. The molecule has 25 heavy (non-hydrogen) atoms. The van der Waals surface area contributed by atoms with E-state index in [4.69, 9.17) is 4.42 Å². The zero-order valence-corrected chi connectivity index (χ0v) is 13.5. The van der Waals surface area contributed by atoms with Crippen LogP contribution in [0.2, 0.25) is 0 Å². The Morgan fingerprint density at radius 1 is 1.16 bits per heavy atom. The van der Waals surface area contributed by atoms with Gasteiger partial charge in [0.25, 0.3) is 5.22 Å². The molecule has 0 aliphatic rings. The lowest BCUT2D eigenvalue weighted by Gasteiger charge is -2.08. The van der Waals surface area contributed by atoms with E-state index in [1.807, 2.05) is 0 Å². The number of carbonyl (C=O) groups excluding carboxylic acids is 1. The Morgan fingerprint density at radius 3 is 2.68 bits per heavy atom. The third-order valence-electron chi connectivity index (χ3n) is 3.06. The van der Waals surface area contributed by atoms with E-state index in [9.17, 15) is 13.6 Å². The number of para-hydroxylation sites is 1. The highest BCUT2D eigenvalue weighted by molar-refractivity contribution is 7.99. The Kier molecular flexibility index (Phi) is 5.34. The number of carbonyl (C=O) groups is 1. The van der Waals surface area contributed by atoms with Gasteiger partial charge in [0.2, 0.25) is 5.89 Å². The number of ether oxygens (including phenoxy) is 1. The van der Waals surface area contributed by atoms with Gasteiger partial charge in [-0.15, -0.1) is 10.2 Å². The predicted molar refractivity (Wildman–Crippen MR) is 85.7 cm³/mol. The molecule has 0 atom stereocenters. The zero-order valence-electron chi connectivity index (χ0n) is 12.6. The highest BCUT2D eigenvalue weighted by Gasteiger charge is 2.17. The van der Waals surface area contributed by atoms with Gasteiger partial charge in [0.15, 0.2) is 5.78 Å². The monoisotopic (exact) mass is 363 g/mol. The molecule has 0 unspecified atom stereocenters. The van der Waals surface area contributed by atoms with Gasteiger partial charge < -0.3 is 9.15 Å². The first-order chi connectivity index (χ1) is 12.1. The number of benzene rings is 1. The second-order valence-corrected chi connectivity index (χ2v) is 5.62. The molecule has 0 saturated carbocycles. The summed E-state index contributed by atoms with van der Waals surface area (Å²) in [7, 11) is 0. The molecule has 0 N–H and O–H groups in total. The second kappa shape index (κ2) is 7.84. The average molecular weight is 363 g/mol. The highest BCUT2D eigenvalue weighted by atomic mass is 32.2. The molecule has 6 nitrogen and oxygen atoms in total. The quantitative estimate of drug-likeness (QED) is 0.468. The first kappa shape index (κ1) is 17.0. The van der Waals surface area contributed by atoms with Crippen LogP contribution in [0.25, 0.3) is 11.5 Å². The summed E-state index contributed by atoms with van der Waals surface area (Å²) in [6.07, 6.45) is 3.19. The Labute approximate surface area is 145 Å². The van der Waals surface area contributed by atoms with Gasteiger partial charge in [0.1, 0.15) is 5.75 Å². The first-order valence-corrected chi connectivity index (χ1v) is 8.06. The molecule has 3 aromatic rings. The minimum Gasteiger partial charge on any atom is -0.434 e. The van der Waals surface area contributed by atoms with Crippen LogP contribution in [0.3, 0.4) is 0 Å². The number of pyridine rings is 1. The number of hydrogen-bond donors (Lipinski definition) is 0. The molecule has 0 amide bonds. The van der Waals surface area contributed by atoms with E-state index in [1.54, 1.807) is 30.6 Å². The Hall–Kier alpha value is -2.81. The SMILES string of the molecule is O=C(CSc1nnc(-c2ccncc2)o1)c1ccccc1OC(F)F. The summed E-state index contributed by atoms with van der Waals surface area (Å²) >= 11 is 1.02. The summed E-state index contributed by atoms with van der Waals surface area (Å²) in [5, 5.41) is 7.95. The van der Waals surface area contributed by atoms with E-state index in [0.29, 0.717) is 11.5 Å². The summed E-state index contributed by atoms with van der Waals surface area (Å²) < 4.78 is 34.6. The van der Waals surface area contributed by atoms with Crippen LogP contribution in [0, 0.1) is 0 Å². The molecule has 0 aliphatic heterocycles. The first-order valence-electron chi connectivity index (χ1n) is 7.07. The van der Waals surface area contributed by atoms with Crippen LogP contribution < -0.4 is 4.74 Å². The van der Waals surface area contributed by atoms with Crippen molar-refractivity contribution >= 4 is 17.5 Å². The molecule has 0 spiro atoms.